The Morgan fingerprint density at radius 3 is 2.88 bits per heavy atom. The van der Waals surface area contributed by atoms with E-state index in [0.29, 0.717) is 0 Å². The lowest BCUT2D eigenvalue weighted by Gasteiger charge is -2.28. The minimum absolute atomic E-state index is 0.0688. The molecule has 2 atom stereocenters. The number of rotatable bonds is 4. The zero-order chi connectivity index (χ0) is 12.1. The highest BCUT2D eigenvalue weighted by Crippen LogP contribution is 2.23. The topological polar surface area (TPSA) is 54.4 Å². The third kappa shape index (κ3) is 3.41. The van der Waals surface area contributed by atoms with Crippen LogP contribution >= 0.6 is 0 Å². The Morgan fingerprint density at radius 2 is 2.24 bits per heavy atom. The van der Waals surface area contributed by atoms with Crippen molar-refractivity contribution in [3.63, 3.8) is 0 Å². The number of aromatic nitrogens is 1. The van der Waals surface area contributed by atoms with Crippen LogP contribution in [-0.4, -0.2) is 29.3 Å². The third-order valence-electron chi connectivity index (χ3n) is 3.11. The molecule has 1 aromatic heterocycles. The molecule has 4 nitrogen and oxygen atoms in total. The first-order valence-corrected chi connectivity index (χ1v) is 6.24. The van der Waals surface area contributed by atoms with Gasteiger partial charge in [-0.3, -0.25) is 4.98 Å². The van der Waals surface area contributed by atoms with Gasteiger partial charge in [0, 0.05) is 6.54 Å². The van der Waals surface area contributed by atoms with E-state index < -0.39 is 0 Å². The van der Waals surface area contributed by atoms with Gasteiger partial charge < -0.3 is 15.2 Å². The second kappa shape index (κ2) is 5.98. The molecular formula is C13H20N2O2. The van der Waals surface area contributed by atoms with Gasteiger partial charge in [0.2, 0.25) is 0 Å². The number of hydrogen-bond donors (Lipinski definition) is 2. The maximum Gasteiger partial charge on any atom is 0.138 e. The Balaban J connectivity index is 1.93. The van der Waals surface area contributed by atoms with Crippen LogP contribution in [0.25, 0.3) is 0 Å². The quantitative estimate of drug-likeness (QED) is 0.831. The Morgan fingerprint density at radius 1 is 1.41 bits per heavy atom. The van der Waals surface area contributed by atoms with Crippen molar-refractivity contribution in [1.82, 2.24) is 10.3 Å². The molecule has 1 aliphatic rings. The van der Waals surface area contributed by atoms with Crippen molar-refractivity contribution in [2.24, 2.45) is 0 Å². The van der Waals surface area contributed by atoms with Crippen molar-refractivity contribution in [2.75, 3.05) is 7.05 Å². The second-order valence-electron chi connectivity index (χ2n) is 4.52. The normalized spacial score (nSPS) is 24.6. The first kappa shape index (κ1) is 12.3. The van der Waals surface area contributed by atoms with Crippen molar-refractivity contribution in [3.8, 4) is 5.75 Å². The van der Waals surface area contributed by atoms with Gasteiger partial charge in [0.15, 0.2) is 0 Å². The third-order valence-corrected chi connectivity index (χ3v) is 3.11. The van der Waals surface area contributed by atoms with Gasteiger partial charge in [0.25, 0.3) is 0 Å². The molecule has 1 heterocycles. The van der Waals surface area contributed by atoms with Gasteiger partial charge in [-0.15, -0.1) is 0 Å². The maximum absolute atomic E-state index is 9.81. The van der Waals surface area contributed by atoms with Crippen molar-refractivity contribution in [3.05, 3.63) is 24.0 Å². The van der Waals surface area contributed by atoms with Crippen LogP contribution in [0.1, 0.15) is 31.4 Å². The highest BCUT2D eigenvalue weighted by Gasteiger charge is 2.24. The van der Waals surface area contributed by atoms with Crippen molar-refractivity contribution < 1.29 is 9.84 Å². The van der Waals surface area contributed by atoms with Crippen LogP contribution in [0.5, 0.6) is 5.75 Å². The molecule has 1 aromatic rings. The highest BCUT2D eigenvalue weighted by atomic mass is 16.5. The van der Waals surface area contributed by atoms with Crippen LogP contribution in [0.3, 0.4) is 0 Å². The molecule has 0 radical (unpaired) electrons. The average Bonchev–Trinajstić information content (AvgIpc) is 2.35. The van der Waals surface area contributed by atoms with Gasteiger partial charge in [-0.05, 0) is 38.4 Å². The monoisotopic (exact) mass is 236 g/mol. The maximum atomic E-state index is 9.81. The summed E-state index contributed by atoms with van der Waals surface area (Å²) in [4.78, 5) is 4.29. The average molecular weight is 236 g/mol. The molecule has 1 fully saturated rings. The van der Waals surface area contributed by atoms with Crippen LogP contribution in [0, 0.1) is 0 Å². The molecule has 0 saturated heterocycles. The highest BCUT2D eigenvalue weighted by molar-refractivity contribution is 5.20. The Bertz CT molecular complexity index is 340. The van der Waals surface area contributed by atoms with E-state index in [1.807, 2.05) is 19.2 Å². The van der Waals surface area contributed by atoms with E-state index in [9.17, 15) is 5.11 Å². The molecule has 2 N–H and O–H groups in total. The molecule has 94 valence electrons. The molecule has 0 amide bonds. The Kier molecular flexibility index (Phi) is 4.34. The molecule has 0 spiro atoms. The minimum Gasteiger partial charge on any atom is -0.486 e. The number of nitrogens with zero attached hydrogens (tertiary/aromatic N) is 1. The van der Waals surface area contributed by atoms with Gasteiger partial charge >= 0.3 is 0 Å². The number of aliphatic hydroxyl groups excluding tert-OH is 1. The largest absolute Gasteiger partial charge is 0.486 e. The van der Waals surface area contributed by atoms with Crippen LogP contribution in [0.2, 0.25) is 0 Å². The summed E-state index contributed by atoms with van der Waals surface area (Å²) >= 11 is 0. The fraction of sp³-hybridized carbons (Fsp3) is 0.615. The molecule has 17 heavy (non-hydrogen) atoms. The molecule has 0 bridgehead atoms. The molecule has 0 aromatic carbocycles. The predicted octanol–water partition coefficient (Wildman–Crippen LogP) is 1.48. The minimum atomic E-state index is -0.333. The number of nitrogens with one attached hydrogen (secondary N) is 1. The summed E-state index contributed by atoms with van der Waals surface area (Å²) in [5.74, 6) is 0.746. The molecular weight excluding hydrogens is 216 g/mol. The lowest BCUT2D eigenvalue weighted by Crippen LogP contribution is -2.34. The molecule has 0 aliphatic heterocycles. The van der Waals surface area contributed by atoms with E-state index in [2.05, 4.69) is 10.3 Å². The van der Waals surface area contributed by atoms with E-state index in [-0.39, 0.29) is 12.2 Å². The van der Waals surface area contributed by atoms with E-state index >= 15 is 0 Å². The van der Waals surface area contributed by atoms with Crippen molar-refractivity contribution in [1.29, 1.82) is 0 Å². The first-order chi connectivity index (χ1) is 8.29. The van der Waals surface area contributed by atoms with Gasteiger partial charge in [-0.1, -0.05) is 6.42 Å². The van der Waals surface area contributed by atoms with E-state index in [4.69, 9.17) is 4.74 Å². The standard InChI is InChI=1S/C13H20N2O2/c1-14-8-10-6-7-11(9-15-10)17-13-5-3-2-4-12(13)16/h6-7,9,12-14,16H,2-5,8H2,1H3. The van der Waals surface area contributed by atoms with Gasteiger partial charge in [0.05, 0.1) is 18.0 Å². The van der Waals surface area contributed by atoms with Crippen molar-refractivity contribution >= 4 is 0 Å². The Labute approximate surface area is 102 Å². The summed E-state index contributed by atoms with van der Waals surface area (Å²) in [7, 11) is 1.89. The van der Waals surface area contributed by atoms with Gasteiger partial charge in [-0.2, -0.15) is 0 Å². The summed E-state index contributed by atoms with van der Waals surface area (Å²) < 4.78 is 5.77. The van der Waals surface area contributed by atoms with E-state index in [1.54, 1.807) is 6.20 Å². The van der Waals surface area contributed by atoms with E-state index in [0.717, 1.165) is 43.7 Å². The molecule has 1 aliphatic carbocycles. The summed E-state index contributed by atoms with van der Waals surface area (Å²) in [5, 5.41) is 12.9. The van der Waals surface area contributed by atoms with Gasteiger partial charge in [0.1, 0.15) is 11.9 Å². The van der Waals surface area contributed by atoms with Crippen LogP contribution in [0.15, 0.2) is 18.3 Å². The zero-order valence-corrected chi connectivity index (χ0v) is 10.2. The predicted molar refractivity (Wildman–Crippen MR) is 65.9 cm³/mol. The van der Waals surface area contributed by atoms with E-state index in [1.165, 1.54) is 0 Å². The molecule has 2 unspecified atom stereocenters. The fourth-order valence-corrected chi connectivity index (χ4v) is 2.16. The SMILES string of the molecule is CNCc1ccc(OC2CCCCC2O)cn1. The lowest BCUT2D eigenvalue weighted by atomic mass is 9.95. The molecule has 2 rings (SSSR count). The Hall–Kier alpha value is -1.13. The summed E-state index contributed by atoms with van der Waals surface area (Å²) in [5.41, 5.74) is 0.990. The second-order valence-corrected chi connectivity index (χ2v) is 4.52. The lowest BCUT2D eigenvalue weighted by molar-refractivity contribution is 0.00668. The molecule has 1 saturated carbocycles. The van der Waals surface area contributed by atoms with Crippen LogP contribution < -0.4 is 10.1 Å². The zero-order valence-electron chi connectivity index (χ0n) is 10.2. The van der Waals surface area contributed by atoms with Crippen LogP contribution in [0.4, 0.5) is 0 Å². The van der Waals surface area contributed by atoms with Gasteiger partial charge in [-0.25, -0.2) is 0 Å². The molecule has 4 heteroatoms. The number of ether oxygens (including phenoxy) is 1. The van der Waals surface area contributed by atoms with Crippen molar-refractivity contribution in [2.45, 2.75) is 44.4 Å². The van der Waals surface area contributed by atoms with Crippen LogP contribution in [-0.2, 0) is 6.54 Å². The fourth-order valence-electron chi connectivity index (χ4n) is 2.16. The summed E-state index contributed by atoms with van der Waals surface area (Å²) in [6.45, 7) is 0.756. The number of hydrogen-bond acceptors (Lipinski definition) is 4. The number of aliphatic hydroxyl groups is 1. The first-order valence-electron chi connectivity index (χ1n) is 6.24. The summed E-state index contributed by atoms with van der Waals surface area (Å²) in [6, 6.07) is 3.86. The summed E-state index contributed by atoms with van der Waals surface area (Å²) in [6.07, 6.45) is 5.33. The smallest absolute Gasteiger partial charge is 0.138 e. The number of pyridine rings is 1.